The Morgan fingerprint density at radius 2 is 2.05 bits per heavy atom. The SMILES string of the molecule is Cc1cccc(-n2nc(CN3CCCCC3)c3c2NCC3)c1. The highest BCUT2D eigenvalue weighted by Crippen LogP contribution is 2.30. The third-order valence-corrected chi connectivity index (χ3v) is 4.80. The third-order valence-electron chi connectivity index (χ3n) is 4.80. The molecule has 1 fully saturated rings. The molecule has 116 valence electrons. The van der Waals surface area contributed by atoms with Gasteiger partial charge >= 0.3 is 0 Å². The smallest absolute Gasteiger partial charge is 0.133 e. The van der Waals surface area contributed by atoms with E-state index in [1.165, 1.54) is 55.0 Å². The van der Waals surface area contributed by atoms with Crippen LogP contribution in [0.1, 0.15) is 36.1 Å². The first-order valence-electron chi connectivity index (χ1n) is 8.45. The predicted octanol–water partition coefficient (Wildman–Crippen LogP) is 3.13. The molecule has 4 nitrogen and oxygen atoms in total. The van der Waals surface area contributed by atoms with Crippen LogP contribution in [0, 0.1) is 6.92 Å². The van der Waals surface area contributed by atoms with Crippen LogP contribution in [0.25, 0.3) is 5.69 Å². The topological polar surface area (TPSA) is 33.1 Å². The van der Waals surface area contributed by atoms with Gasteiger partial charge in [0.1, 0.15) is 5.82 Å². The maximum Gasteiger partial charge on any atom is 0.133 e. The largest absolute Gasteiger partial charge is 0.369 e. The Bertz CT molecular complexity index is 668. The molecule has 0 bridgehead atoms. The zero-order valence-corrected chi connectivity index (χ0v) is 13.3. The molecule has 0 amide bonds. The van der Waals surface area contributed by atoms with Gasteiger partial charge in [0.2, 0.25) is 0 Å². The van der Waals surface area contributed by atoms with E-state index in [-0.39, 0.29) is 0 Å². The predicted molar refractivity (Wildman–Crippen MR) is 89.6 cm³/mol. The molecular formula is C18H24N4. The van der Waals surface area contributed by atoms with Crippen LogP contribution in [0.15, 0.2) is 24.3 Å². The van der Waals surface area contributed by atoms with Crippen molar-refractivity contribution >= 4 is 5.82 Å². The zero-order valence-electron chi connectivity index (χ0n) is 13.3. The van der Waals surface area contributed by atoms with E-state index in [9.17, 15) is 0 Å². The van der Waals surface area contributed by atoms with Crippen molar-refractivity contribution in [1.82, 2.24) is 14.7 Å². The fourth-order valence-electron chi connectivity index (χ4n) is 3.65. The standard InChI is InChI=1S/C18H24N4/c1-14-6-5-7-15(12-14)22-18-16(8-9-19-18)17(20-22)13-21-10-3-2-4-11-21/h5-7,12,19H,2-4,8-11,13H2,1H3. The molecule has 0 saturated carbocycles. The van der Waals surface area contributed by atoms with Crippen LogP contribution < -0.4 is 5.32 Å². The number of aromatic nitrogens is 2. The van der Waals surface area contributed by atoms with Crippen LogP contribution >= 0.6 is 0 Å². The van der Waals surface area contributed by atoms with Crippen LogP contribution in [0.5, 0.6) is 0 Å². The molecule has 0 aliphatic carbocycles. The molecule has 1 N–H and O–H groups in total. The Morgan fingerprint density at radius 1 is 1.18 bits per heavy atom. The maximum absolute atomic E-state index is 4.95. The minimum atomic E-state index is 1.00. The quantitative estimate of drug-likeness (QED) is 0.944. The van der Waals surface area contributed by atoms with E-state index in [0.29, 0.717) is 0 Å². The average Bonchev–Trinajstić information content (AvgIpc) is 3.12. The number of hydrogen-bond donors (Lipinski definition) is 1. The molecule has 0 radical (unpaired) electrons. The monoisotopic (exact) mass is 296 g/mol. The average molecular weight is 296 g/mol. The first-order valence-corrected chi connectivity index (χ1v) is 8.45. The molecule has 4 rings (SSSR count). The summed E-state index contributed by atoms with van der Waals surface area (Å²) >= 11 is 0. The van der Waals surface area contributed by atoms with Crippen LogP contribution in [0.4, 0.5) is 5.82 Å². The second-order valence-electron chi connectivity index (χ2n) is 6.54. The molecule has 2 aromatic rings. The van der Waals surface area contributed by atoms with E-state index in [1.807, 2.05) is 0 Å². The van der Waals surface area contributed by atoms with Gasteiger partial charge in [0.15, 0.2) is 0 Å². The van der Waals surface area contributed by atoms with Gasteiger partial charge in [-0.1, -0.05) is 18.6 Å². The Balaban J connectivity index is 1.67. The number of aryl methyl sites for hydroxylation is 1. The number of nitrogens with one attached hydrogen (secondary N) is 1. The van der Waals surface area contributed by atoms with Gasteiger partial charge in [0, 0.05) is 18.7 Å². The lowest BCUT2D eigenvalue weighted by atomic mass is 10.1. The zero-order chi connectivity index (χ0) is 14.9. The molecular weight excluding hydrogens is 272 g/mol. The highest BCUT2D eigenvalue weighted by atomic mass is 15.4. The number of fused-ring (bicyclic) bond motifs is 1. The van der Waals surface area contributed by atoms with E-state index in [0.717, 1.165) is 25.2 Å². The number of nitrogens with zero attached hydrogens (tertiary/aromatic N) is 3. The lowest BCUT2D eigenvalue weighted by molar-refractivity contribution is 0.217. The second kappa shape index (κ2) is 5.76. The molecule has 1 aromatic carbocycles. The first kappa shape index (κ1) is 13.8. The number of rotatable bonds is 3. The minimum absolute atomic E-state index is 1.00. The van der Waals surface area contributed by atoms with Crippen LogP contribution in [0.3, 0.4) is 0 Å². The van der Waals surface area contributed by atoms with Crippen LogP contribution in [-0.2, 0) is 13.0 Å². The van der Waals surface area contributed by atoms with Gasteiger partial charge in [0.25, 0.3) is 0 Å². The van der Waals surface area contributed by atoms with E-state index in [1.54, 1.807) is 0 Å². The van der Waals surface area contributed by atoms with Crippen molar-refractivity contribution in [3.05, 3.63) is 41.1 Å². The summed E-state index contributed by atoms with van der Waals surface area (Å²) < 4.78 is 2.11. The minimum Gasteiger partial charge on any atom is -0.369 e. The Hall–Kier alpha value is -1.81. The number of anilines is 1. The van der Waals surface area contributed by atoms with Crippen LogP contribution in [-0.4, -0.2) is 34.3 Å². The fraction of sp³-hybridized carbons (Fsp3) is 0.500. The molecule has 3 heterocycles. The Kier molecular flexibility index (Phi) is 3.62. The summed E-state index contributed by atoms with van der Waals surface area (Å²) in [4.78, 5) is 2.56. The summed E-state index contributed by atoms with van der Waals surface area (Å²) in [5.74, 6) is 1.21. The van der Waals surface area contributed by atoms with Gasteiger partial charge < -0.3 is 5.32 Å². The van der Waals surface area contributed by atoms with E-state index >= 15 is 0 Å². The van der Waals surface area contributed by atoms with Crippen molar-refractivity contribution in [2.75, 3.05) is 25.0 Å². The van der Waals surface area contributed by atoms with Gasteiger partial charge in [-0.25, -0.2) is 4.68 Å². The molecule has 0 unspecified atom stereocenters. The maximum atomic E-state index is 4.95. The fourth-order valence-corrected chi connectivity index (χ4v) is 3.65. The number of hydrogen-bond acceptors (Lipinski definition) is 3. The van der Waals surface area contributed by atoms with Gasteiger partial charge in [-0.15, -0.1) is 0 Å². The van der Waals surface area contributed by atoms with Crippen molar-refractivity contribution in [2.45, 2.75) is 39.2 Å². The van der Waals surface area contributed by atoms with E-state index in [2.05, 4.69) is 46.1 Å². The summed E-state index contributed by atoms with van der Waals surface area (Å²) in [6, 6.07) is 8.59. The number of benzene rings is 1. The Labute approximate surface area is 132 Å². The summed E-state index contributed by atoms with van der Waals surface area (Å²) in [7, 11) is 0. The van der Waals surface area contributed by atoms with E-state index < -0.39 is 0 Å². The van der Waals surface area contributed by atoms with Crippen molar-refractivity contribution in [3.8, 4) is 5.69 Å². The molecule has 0 spiro atoms. The van der Waals surface area contributed by atoms with Gasteiger partial charge in [-0.3, -0.25) is 4.90 Å². The van der Waals surface area contributed by atoms with Crippen LogP contribution in [0.2, 0.25) is 0 Å². The van der Waals surface area contributed by atoms with Crippen molar-refractivity contribution in [3.63, 3.8) is 0 Å². The summed E-state index contributed by atoms with van der Waals surface area (Å²) in [6.07, 6.45) is 5.15. The normalized spacial score (nSPS) is 18.2. The molecule has 0 atom stereocenters. The van der Waals surface area contributed by atoms with Crippen molar-refractivity contribution in [1.29, 1.82) is 0 Å². The molecule has 1 saturated heterocycles. The summed E-state index contributed by atoms with van der Waals surface area (Å²) in [5.41, 5.74) is 5.13. The third kappa shape index (κ3) is 2.52. The molecule has 1 aromatic heterocycles. The van der Waals surface area contributed by atoms with Crippen molar-refractivity contribution in [2.24, 2.45) is 0 Å². The second-order valence-corrected chi connectivity index (χ2v) is 6.54. The number of likely N-dealkylation sites (tertiary alicyclic amines) is 1. The molecule has 2 aliphatic rings. The van der Waals surface area contributed by atoms with Crippen molar-refractivity contribution < 1.29 is 0 Å². The van der Waals surface area contributed by atoms with E-state index in [4.69, 9.17) is 5.10 Å². The molecule has 2 aliphatic heterocycles. The van der Waals surface area contributed by atoms with Gasteiger partial charge in [-0.05, 0) is 57.0 Å². The highest BCUT2D eigenvalue weighted by molar-refractivity contribution is 5.57. The summed E-state index contributed by atoms with van der Waals surface area (Å²) in [5, 5.41) is 8.48. The highest BCUT2D eigenvalue weighted by Gasteiger charge is 2.24. The summed E-state index contributed by atoms with van der Waals surface area (Å²) in [6.45, 7) is 6.61. The lowest BCUT2D eigenvalue weighted by Crippen LogP contribution is -2.29. The Morgan fingerprint density at radius 3 is 2.86 bits per heavy atom. The molecule has 4 heteroatoms. The van der Waals surface area contributed by atoms with Gasteiger partial charge in [0.05, 0.1) is 11.4 Å². The lowest BCUT2D eigenvalue weighted by Gasteiger charge is -2.25. The molecule has 22 heavy (non-hydrogen) atoms. The van der Waals surface area contributed by atoms with Gasteiger partial charge in [-0.2, -0.15) is 5.10 Å². The number of piperidine rings is 1. The first-order chi connectivity index (χ1) is 10.8.